The van der Waals surface area contributed by atoms with Crippen LogP contribution in [0.4, 0.5) is 0 Å². The van der Waals surface area contributed by atoms with Gasteiger partial charge in [0.2, 0.25) is 0 Å². The summed E-state index contributed by atoms with van der Waals surface area (Å²) in [5.74, 6) is 1.29. The van der Waals surface area contributed by atoms with Crippen LogP contribution in [0.5, 0.6) is 5.75 Å². The van der Waals surface area contributed by atoms with Crippen LogP contribution in [0.3, 0.4) is 0 Å². The van der Waals surface area contributed by atoms with Crippen LogP contribution >= 0.6 is 0 Å². The highest BCUT2D eigenvalue weighted by Crippen LogP contribution is 2.36. The molecule has 0 fully saturated rings. The average Bonchev–Trinajstić information content (AvgIpc) is 2.86. The lowest BCUT2D eigenvalue weighted by molar-refractivity contribution is 0.313. The number of para-hydroxylation sites is 1. The van der Waals surface area contributed by atoms with Gasteiger partial charge in [-0.25, -0.2) is 0 Å². The smallest absolute Gasteiger partial charge is 0.122 e. The van der Waals surface area contributed by atoms with Gasteiger partial charge in [-0.05, 0) is 49.9 Å². The Morgan fingerprint density at radius 1 is 1.14 bits per heavy atom. The Bertz CT molecular complexity index is 639. The normalized spacial score (nSPS) is 18.2. The van der Waals surface area contributed by atoms with Gasteiger partial charge < -0.3 is 10.5 Å². The number of aryl methyl sites for hydroxylation is 3. The molecular formula is C19H23NO. The number of ether oxygens (including phenoxy) is 1. The van der Waals surface area contributed by atoms with Crippen molar-refractivity contribution in [2.75, 3.05) is 6.61 Å². The summed E-state index contributed by atoms with van der Waals surface area (Å²) in [6.45, 7) is 7.21. The first-order valence-electron chi connectivity index (χ1n) is 7.60. The van der Waals surface area contributed by atoms with Crippen LogP contribution in [0.2, 0.25) is 0 Å². The first kappa shape index (κ1) is 14.2. The Morgan fingerprint density at radius 3 is 2.52 bits per heavy atom. The third kappa shape index (κ3) is 2.68. The van der Waals surface area contributed by atoms with Gasteiger partial charge in [0.15, 0.2) is 0 Å². The van der Waals surface area contributed by atoms with Crippen molar-refractivity contribution < 1.29 is 4.74 Å². The molecule has 3 rings (SSSR count). The molecule has 0 saturated carbocycles. The summed E-state index contributed by atoms with van der Waals surface area (Å²) < 4.78 is 5.77. The van der Waals surface area contributed by atoms with E-state index in [1.165, 1.54) is 27.8 Å². The summed E-state index contributed by atoms with van der Waals surface area (Å²) in [5, 5.41) is 0. The zero-order valence-electron chi connectivity index (χ0n) is 13.0. The molecule has 2 aromatic rings. The van der Waals surface area contributed by atoms with Crippen molar-refractivity contribution in [1.29, 1.82) is 0 Å². The monoisotopic (exact) mass is 281 g/mol. The minimum Gasteiger partial charge on any atom is -0.493 e. The van der Waals surface area contributed by atoms with Gasteiger partial charge in [-0.3, -0.25) is 0 Å². The van der Waals surface area contributed by atoms with Gasteiger partial charge in [-0.2, -0.15) is 0 Å². The minimum absolute atomic E-state index is 0.0914. The molecule has 0 saturated heterocycles. The van der Waals surface area contributed by atoms with Crippen molar-refractivity contribution in [2.45, 2.75) is 39.2 Å². The highest BCUT2D eigenvalue weighted by molar-refractivity contribution is 5.42. The fourth-order valence-electron chi connectivity index (χ4n) is 3.45. The Morgan fingerprint density at radius 2 is 1.81 bits per heavy atom. The van der Waals surface area contributed by atoms with Crippen LogP contribution in [0.1, 0.15) is 33.7 Å². The Balaban J connectivity index is 1.84. The van der Waals surface area contributed by atoms with E-state index in [0.29, 0.717) is 12.5 Å². The molecule has 0 bridgehead atoms. The topological polar surface area (TPSA) is 35.2 Å². The second-order valence-corrected chi connectivity index (χ2v) is 6.20. The molecule has 0 radical (unpaired) electrons. The van der Waals surface area contributed by atoms with Gasteiger partial charge in [-0.1, -0.05) is 35.9 Å². The molecule has 1 aliphatic heterocycles. The van der Waals surface area contributed by atoms with Crippen molar-refractivity contribution in [3.05, 3.63) is 64.2 Å². The molecule has 0 spiro atoms. The zero-order chi connectivity index (χ0) is 15.0. The quantitative estimate of drug-likeness (QED) is 0.932. The van der Waals surface area contributed by atoms with E-state index in [1.54, 1.807) is 0 Å². The zero-order valence-corrected chi connectivity index (χ0v) is 13.0. The fourth-order valence-corrected chi connectivity index (χ4v) is 3.45. The summed E-state index contributed by atoms with van der Waals surface area (Å²) in [5.41, 5.74) is 13.2. The Kier molecular flexibility index (Phi) is 3.73. The van der Waals surface area contributed by atoms with Crippen molar-refractivity contribution in [1.82, 2.24) is 0 Å². The van der Waals surface area contributed by atoms with Crippen molar-refractivity contribution in [3.8, 4) is 5.75 Å². The van der Waals surface area contributed by atoms with Crippen molar-refractivity contribution >= 4 is 0 Å². The van der Waals surface area contributed by atoms with Gasteiger partial charge in [0.25, 0.3) is 0 Å². The second kappa shape index (κ2) is 5.53. The molecule has 2 unspecified atom stereocenters. The molecule has 2 N–H and O–H groups in total. The molecule has 1 aliphatic rings. The second-order valence-electron chi connectivity index (χ2n) is 6.20. The standard InChI is InChI=1S/C19H23NO/c1-12-8-13(2)16(14(3)9-12)10-18(20)17-11-21-19-7-5-4-6-15(17)19/h4-9,17-18H,10-11,20H2,1-3H3. The molecule has 2 atom stereocenters. The number of hydrogen-bond acceptors (Lipinski definition) is 2. The molecular weight excluding hydrogens is 258 g/mol. The van der Waals surface area contributed by atoms with Gasteiger partial charge in [-0.15, -0.1) is 0 Å². The van der Waals surface area contributed by atoms with Crippen molar-refractivity contribution in [3.63, 3.8) is 0 Å². The van der Waals surface area contributed by atoms with Crippen LogP contribution in [0.25, 0.3) is 0 Å². The van der Waals surface area contributed by atoms with Crippen LogP contribution in [0, 0.1) is 20.8 Å². The Labute approximate surface area is 126 Å². The molecule has 2 aromatic carbocycles. The van der Waals surface area contributed by atoms with Crippen LogP contribution < -0.4 is 10.5 Å². The van der Waals surface area contributed by atoms with Gasteiger partial charge in [0.1, 0.15) is 5.75 Å². The van der Waals surface area contributed by atoms with E-state index in [9.17, 15) is 0 Å². The highest BCUT2D eigenvalue weighted by atomic mass is 16.5. The third-order valence-electron chi connectivity index (χ3n) is 4.53. The summed E-state index contributed by atoms with van der Waals surface area (Å²) in [6.07, 6.45) is 0.903. The Hall–Kier alpha value is -1.80. The van der Waals surface area contributed by atoms with E-state index in [-0.39, 0.29) is 6.04 Å². The van der Waals surface area contributed by atoms with Gasteiger partial charge >= 0.3 is 0 Å². The lowest BCUT2D eigenvalue weighted by Crippen LogP contribution is -2.32. The van der Waals surface area contributed by atoms with E-state index < -0.39 is 0 Å². The van der Waals surface area contributed by atoms with Crippen molar-refractivity contribution in [2.24, 2.45) is 5.73 Å². The summed E-state index contributed by atoms with van der Waals surface area (Å²) in [4.78, 5) is 0. The molecule has 1 heterocycles. The number of hydrogen-bond donors (Lipinski definition) is 1. The number of rotatable bonds is 3. The van der Waals surface area contributed by atoms with Crippen LogP contribution in [-0.2, 0) is 6.42 Å². The predicted molar refractivity (Wildman–Crippen MR) is 87.0 cm³/mol. The average molecular weight is 281 g/mol. The summed E-state index contributed by atoms with van der Waals surface area (Å²) >= 11 is 0. The SMILES string of the molecule is Cc1cc(C)c(CC(N)C2COc3ccccc32)c(C)c1. The van der Waals surface area contributed by atoms with Gasteiger partial charge in [0.05, 0.1) is 6.61 Å². The molecule has 110 valence electrons. The first-order valence-corrected chi connectivity index (χ1v) is 7.60. The van der Waals surface area contributed by atoms with E-state index in [2.05, 4.69) is 45.0 Å². The summed E-state index contributed by atoms with van der Waals surface area (Å²) in [7, 11) is 0. The number of fused-ring (bicyclic) bond motifs is 1. The molecule has 2 heteroatoms. The first-order chi connectivity index (χ1) is 10.1. The molecule has 0 aromatic heterocycles. The van der Waals surface area contributed by atoms with E-state index >= 15 is 0 Å². The maximum absolute atomic E-state index is 6.52. The molecule has 21 heavy (non-hydrogen) atoms. The molecule has 0 amide bonds. The molecule has 0 aliphatic carbocycles. The third-order valence-corrected chi connectivity index (χ3v) is 4.53. The fraction of sp³-hybridized carbons (Fsp3) is 0.368. The summed E-state index contributed by atoms with van der Waals surface area (Å²) in [6, 6.07) is 12.8. The minimum atomic E-state index is 0.0914. The van der Waals surface area contributed by atoms with E-state index in [1.807, 2.05) is 12.1 Å². The van der Waals surface area contributed by atoms with E-state index in [0.717, 1.165) is 12.2 Å². The maximum Gasteiger partial charge on any atom is 0.122 e. The molecule has 2 nitrogen and oxygen atoms in total. The maximum atomic E-state index is 6.52. The van der Waals surface area contributed by atoms with E-state index in [4.69, 9.17) is 10.5 Å². The largest absolute Gasteiger partial charge is 0.493 e. The van der Waals surface area contributed by atoms with Gasteiger partial charge in [0, 0.05) is 17.5 Å². The van der Waals surface area contributed by atoms with Crippen LogP contribution in [-0.4, -0.2) is 12.6 Å². The highest BCUT2D eigenvalue weighted by Gasteiger charge is 2.29. The number of benzene rings is 2. The lowest BCUT2D eigenvalue weighted by atomic mass is 9.86. The lowest BCUT2D eigenvalue weighted by Gasteiger charge is -2.21. The predicted octanol–water partition coefficient (Wildman–Crippen LogP) is 3.66. The van der Waals surface area contributed by atoms with Crippen LogP contribution in [0.15, 0.2) is 36.4 Å². The number of nitrogens with two attached hydrogens (primary N) is 1.